The Hall–Kier alpha value is -0.120. The van der Waals surface area contributed by atoms with Gasteiger partial charge in [0.15, 0.2) is 0 Å². The van der Waals surface area contributed by atoms with Crippen molar-refractivity contribution >= 4 is 33.3 Å². The van der Waals surface area contributed by atoms with Gasteiger partial charge in [-0.1, -0.05) is 11.6 Å². The van der Waals surface area contributed by atoms with Crippen LogP contribution in [-0.2, 0) is 0 Å². The van der Waals surface area contributed by atoms with Crippen LogP contribution in [0.3, 0.4) is 0 Å². The highest BCUT2D eigenvalue weighted by atomic mass is 35.7. The number of halogens is 3. The molecule has 0 aliphatic heterocycles. The summed E-state index contributed by atoms with van der Waals surface area (Å²) in [4.78, 5) is 0.294. The maximum absolute atomic E-state index is 13.0. The van der Waals surface area contributed by atoms with E-state index in [4.69, 9.17) is 27.0 Å². The van der Waals surface area contributed by atoms with Crippen molar-refractivity contribution in [2.75, 3.05) is 7.11 Å². The normalized spacial score (nSPS) is 10.0. The molecule has 0 atom stereocenters. The Morgan fingerprint density at radius 1 is 1.50 bits per heavy atom. The smallest absolute Gasteiger partial charge is 0.141 e. The zero-order valence-electron chi connectivity index (χ0n) is 6.11. The van der Waals surface area contributed by atoms with Crippen molar-refractivity contribution in [1.82, 2.24) is 0 Å². The highest BCUT2D eigenvalue weighted by Crippen LogP contribution is 2.33. The predicted octanol–water partition coefficient (Wildman–Crippen LogP) is 3.73. The van der Waals surface area contributed by atoms with Crippen molar-refractivity contribution in [3.8, 4) is 5.75 Å². The average molecular weight is 227 g/mol. The summed E-state index contributed by atoms with van der Waals surface area (Å²) in [5.41, 5.74) is 0. The van der Waals surface area contributed by atoms with Gasteiger partial charge in [0.25, 0.3) is 0 Å². The fraction of sp³-hybridized carbons (Fsp3) is 0.143. The number of methoxy groups -OCH3 is 1. The third-order valence-electron chi connectivity index (χ3n) is 1.29. The van der Waals surface area contributed by atoms with Crippen LogP contribution in [0, 0.1) is 5.82 Å². The molecule has 0 radical (unpaired) electrons. The summed E-state index contributed by atoms with van der Waals surface area (Å²) in [6.07, 6.45) is 0. The zero-order chi connectivity index (χ0) is 9.14. The lowest BCUT2D eigenvalue weighted by Gasteiger charge is -2.04. The van der Waals surface area contributed by atoms with E-state index in [-0.39, 0.29) is 0 Å². The first-order valence-electron chi connectivity index (χ1n) is 3.00. The Morgan fingerprint density at radius 3 is 2.67 bits per heavy atom. The molecule has 0 N–H and O–H groups in total. The van der Waals surface area contributed by atoms with Gasteiger partial charge >= 0.3 is 0 Å². The molecule has 0 unspecified atom stereocenters. The Balaban J connectivity index is 3.16. The number of rotatable bonds is 2. The number of benzene rings is 1. The first kappa shape index (κ1) is 9.96. The molecule has 0 heterocycles. The van der Waals surface area contributed by atoms with Crippen LogP contribution in [0.5, 0.6) is 5.75 Å². The van der Waals surface area contributed by atoms with Gasteiger partial charge in [-0.2, -0.15) is 0 Å². The second-order valence-corrected chi connectivity index (χ2v) is 3.46. The molecule has 0 fully saturated rings. The minimum Gasteiger partial charge on any atom is -0.495 e. The molecule has 0 aliphatic carbocycles. The summed E-state index contributed by atoms with van der Waals surface area (Å²) >= 11 is 5.72. The third kappa shape index (κ3) is 1.97. The van der Waals surface area contributed by atoms with Crippen molar-refractivity contribution in [2.24, 2.45) is 0 Å². The molecule has 0 bridgehead atoms. The van der Waals surface area contributed by atoms with Gasteiger partial charge in [-0.15, -0.1) is 0 Å². The number of hydrogen-bond acceptors (Lipinski definition) is 2. The molecule has 1 aromatic rings. The van der Waals surface area contributed by atoms with Crippen molar-refractivity contribution in [2.45, 2.75) is 4.90 Å². The van der Waals surface area contributed by atoms with Crippen molar-refractivity contribution in [1.29, 1.82) is 0 Å². The lowest BCUT2D eigenvalue weighted by atomic mass is 10.3. The third-order valence-corrected chi connectivity index (χ3v) is 2.56. The SMILES string of the molecule is COc1cc(F)c(SCl)cc1Cl. The number of hydrogen-bond donors (Lipinski definition) is 0. The largest absolute Gasteiger partial charge is 0.495 e. The zero-order valence-corrected chi connectivity index (χ0v) is 8.43. The van der Waals surface area contributed by atoms with Crippen LogP contribution in [0.15, 0.2) is 17.0 Å². The van der Waals surface area contributed by atoms with Crippen LogP contribution in [0.1, 0.15) is 0 Å². The van der Waals surface area contributed by atoms with Crippen LogP contribution in [0.25, 0.3) is 0 Å². The van der Waals surface area contributed by atoms with E-state index in [1.165, 1.54) is 19.2 Å². The van der Waals surface area contributed by atoms with E-state index < -0.39 is 5.82 Å². The molecule has 1 aromatic carbocycles. The second kappa shape index (κ2) is 4.21. The van der Waals surface area contributed by atoms with E-state index in [1.807, 2.05) is 0 Å². The van der Waals surface area contributed by atoms with Gasteiger partial charge in [0, 0.05) is 6.07 Å². The molecule has 5 heteroatoms. The molecule has 0 spiro atoms. The van der Waals surface area contributed by atoms with E-state index in [1.54, 1.807) is 0 Å². The summed E-state index contributed by atoms with van der Waals surface area (Å²) in [6.45, 7) is 0. The van der Waals surface area contributed by atoms with E-state index >= 15 is 0 Å². The summed E-state index contributed by atoms with van der Waals surface area (Å²) in [6, 6.07) is 2.63. The minimum atomic E-state index is -0.434. The van der Waals surface area contributed by atoms with Crippen LogP contribution in [0.4, 0.5) is 4.39 Å². The quantitative estimate of drug-likeness (QED) is 0.761. The molecule has 1 rings (SSSR count). The Bertz CT molecular complexity index is 263. The Morgan fingerprint density at radius 2 is 2.17 bits per heavy atom. The highest BCUT2D eigenvalue weighted by Gasteiger charge is 2.08. The van der Waals surface area contributed by atoms with E-state index in [0.717, 1.165) is 11.0 Å². The van der Waals surface area contributed by atoms with Crippen molar-refractivity contribution in [3.63, 3.8) is 0 Å². The Kier molecular flexibility index (Phi) is 3.50. The first-order valence-corrected chi connectivity index (χ1v) is 5.02. The summed E-state index contributed by atoms with van der Waals surface area (Å²) in [5.74, 6) is -0.125. The maximum atomic E-state index is 13.0. The van der Waals surface area contributed by atoms with E-state index in [2.05, 4.69) is 0 Å². The van der Waals surface area contributed by atoms with Crippen LogP contribution in [0.2, 0.25) is 5.02 Å². The fourth-order valence-electron chi connectivity index (χ4n) is 0.726. The molecule has 66 valence electrons. The molecular formula is C7H5Cl2FOS. The van der Waals surface area contributed by atoms with Crippen molar-refractivity contribution < 1.29 is 9.13 Å². The topological polar surface area (TPSA) is 9.23 Å². The summed E-state index contributed by atoms with van der Waals surface area (Å²) in [7, 11) is 7.59. The van der Waals surface area contributed by atoms with Gasteiger partial charge < -0.3 is 4.74 Å². The fourth-order valence-corrected chi connectivity index (χ4v) is 1.68. The molecule has 0 aromatic heterocycles. The lowest BCUT2D eigenvalue weighted by molar-refractivity contribution is 0.410. The molecule has 0 amide bonds. The minimum absolute atomic E-state index is 0.294. The summed E-state index contributed by atoms with van der Waals surface area (Å²) < 4.78 is 17.8. The summed E-state index contributed by atoms with van der Waals surface area (Å²) in [5, 5.41) is 0.349. The van der Waals surface area contributed by atoms with E-state index in [9.17, 15) is 4.39 Å². The molecule has 0 saturated carbocycles. The van der Waals surface area contributed by atoms with Crippen LogP contribution < -0.4 is 4.74 Å². The maximum Gasteiger partial charge on any atom is 0.141 e. The van der Waals surface area contributed by atoms with Gasteiger partial charge in [-0.25, -0.2) is 4.39 Å². The first-order chi connectivity index (χ1) is 5.69. The van der Waals surface area contributed by atoms with Gasteiger partial charge in [-0.3, -0.25) is 0 Å². The highest BCUT2D eigenvalue weighted by molar-refractivity contribution is 8.21. The van der Waals surface area contributed by atoms with Gasteiger partial charge in [-0.05, 0) is 27.7 Å². The lowest BCUT2D eigenvalue weighted by Crippen LogP contribution is -1.87. The molecule has 0 saturated heterocycles. The van der Waals surface area contributed by atoms with Gasteiger partial charge in [0.2, 0.25) is 0 Å². The van der Waals surface area contributed by atoms with Gasteiger partial charge in [0.05, 0.1) is 17.0 Å². The standard InChI is InChI=1S/C7H5Cl2FOS/c1-11-6-3-5(10)7(12-9)2-4(6)8/h2-3H,1H3. The van der Waals surface area contributed by atoms with E-state index in [0.29, 0.717) is 15.7 Å². The number of ether oxygens (including phenoxy) is 1. The molecular weight excluding hydrogens is 222 g/mol. The van der Waals surface area contributed by atoms with Gasteiger partial charge in [0.1, 0.15) is 11.6 Å². The monoisotopic (exact) mass is 226 g/mol. The van der Waals surface area contributed by atoms with Crippen LogP contribution in [-0.4, -0.2) is 7.11 Å². The predicted molar refractivity (Wildman–Crippen MR) is 49.7 cm³/mol. The molecule has 0 aliphatic rings. The second-order valence-electron chi connectivity index (χ2n) is 1.99. The molecule has 12 heavy (non-hydrogen) atoms. The Labute approximate surface area is 83.3 Å². The van der Waals surface area contributed by atoms with Crippen molar-refractivity contribution in [3.05, 3.63) is 23.0 Å². The van der Waals surface area contributed by atoms with Crippen LogP contribution >= 0.6 is 33.3 Å². The average Bonchev–Trinajstić information content (AvgIpc) is 2.08. The molecule has 1 nitrogen and oxygen atoms in total.